The summed E-state index contributed by atoms with van der Waals surface area (Å²) in [7, 11) is 1.52. The van der Waals surface area contributed by atoms with Crippen molar-refractivity contribution in [1.29, 1.82) is 5.26 Å². The Bertz CT molecular complexity index is 1020. The number of hydrogen-bond donors (Lipinski definition) is 2. The smallest absolute Gasteiger partial charge is 0.248 e. The molecule has 0 aliphatic carbocycles. The molecule has 1 aromatic heterocycles. The second-order valence-corrected chi connectivity index (χ2v) is 7.40. The number of methoxy groups -OCH3 is 1. The van der Waals surface area contributed by atoms with Crippen molar-refractivity contribution in [3.63, 3.8) is 0 Å². The highest BCUT2D eigenvalue weighted by molar-refractivity contribution is 6.01. The maximum absolute atomic E-state index is 13.0. The molecule has 1 aliphatic heterocycles. The fourth-order valence-corrected chi connectivity index (χ4v) is 3.49. The zero-order chi connectivity index (χ0) is 21.9. The molecule has 0 radical (unpaired) electrons. The predicted octanol–water partition coefficient (Wildman–Crippen LogP) is 3.09. The number of carbonyl (C=O) groups is 2. The van der Waals surface area contributed by atoms with Crippen LogP contribution in [0.3, 0.4) is 0 Å². The summed E-state index contributed by atoms with van der Waals surface area (Å²) < 4.78 is 5.25. The summed E-state index contributed by atoms with van der Waals surface area (Å²) in [6, 6.07) is 9.05. The molecule has 1 saturated heterocycles. The number of nitrogens with zero attached hydrogens (tertiary/aromatic N) is 4. The van der Waals surface area contributed by atoms with Gasteiger partial charge in [-0.05, 0) is 36.6 Å². The molecule has 0 bridgehead atoms. The van der Waals surface area contributed by atoms with Crippen molar-refractivity contribution in [3.8, 4) is 11.8 Å². The fraction of sp³-hybridized carbons (Fsp3) is 0.381. The van der Waals surface area contributed by atoms with E-state index in [2.05, 4.69) is 26.7 Å². The zero-order valence-electron chi connectivity index (χ0n) is 17.4. The number of anilines is 4. The van der Waals surface area contributed by atoms with Crippen LogP contribution in [0.1, 0.15) is 27.2 Å². The normalized spacial score (nSPS) is 18.3. The molecule has 2 heterocycles. The Labute approximate surface area is 175 Å². The first kappa shape index (κ1) is 21.0. The molecule has 9 heteroatoms. The van der Waals surface area contributed by atoms with Crippen LogP contribution in [0, 0.1) is 22.7 Å². The maximum atomic E-state index is 13.0. The summed E-state index contributed by atoms with van der Waals surface area (Å²) in [5.74, 6) is 0.703. The van der Waals surface area contributed by atoms with Crippen molar-refractivity contribution in [2.75, 3.05) is 29.2 Å². The van der Waals surface area contributed by atoms with Crippen LogP contribution in [0.5, 0.6) is 5.75 Å². The zero-order valence-corrected chi connectivity index (χ0v) is 17.4. The van der Waals surface area contributed by atoms with Crippen LogP contribution >= 0.6 is 0 Å². The van der Waals surface area contributed by atoms with Gasteiger partial charge in [-0.25, -0.2) is 4.98 Å². The van der Waals surface area contributed by atoms with Gasteiger partial charge in [0.1, 0.15) is 17.0 Å². The molecule has 0 saturated carbocycles. The van der Waals surface area contributed by atoms with Gasteiger partial charge in [-0.3, -0.25) is 14.5 Å². The van der Waals surface area contributed by atoms with E-state index in [0.29, 0.717) is 41.9 Å². The molecule has 2 amide bonds. The van der Waals surface area contributed by atoms with Gasteiger partial charge in [0.25, 0.3) is 0 Å². The number of benzene rings is 1. The third-order valence-electron chi connectivity index (χ3n) is 5.23. The summed E-state index contributed by atoms with van der Waals surface area (Å²) in [6.07, 6.45) is 2.02. The van der Waals surface area contributed by atoms with Gasteiger partial charge >= 0.3 is 0 Å². The van der Waals surface area contributed by atoms with Crippen LogP contribution in [-0.2, 0) is 9.59 Å². The first-order chi connectivity index (χ1) is 14.3. The quantitative estimate of drug-likeness (QED) is 0.753. The van der Waals surface area contributed by atoms with E-state index in [1.807, 2.05) is 13.8 Å². The number of ether oxygens (including phenoxy) is 1. The number of nitrogens with one attached hydrogen (secondary N) is 2. The lowest BCUT2D eigenvalue weighted by molar-refractivity contribution is -0.124. The molecule has 2 N–H and O–H groups in total. The van der Waals surface area contributed by atoms with Crippen molar-refractivity contribution < 1.29 is 14.3 Å². The van der Waals surface area contributed by atoms with Gasteiger partial charge in [0.2, 0.25) is 17.8 Å². The molecule has 2 aromatic rings. The predicted molar refractivity (Wildman–Crippen MR) is 112 cm³/mol. The van der Waals surface area contributed by atoms with E-state index in [1.54, 1.807) is 30.5 Å². The summed E-state index contributed by atoms with van der Waals surface area (Å²) in [4.78, 5) is 34.6. The fourth-order valence-electron chi connectivity index (χ4n) is 3.49. The Morgan fingerprint density at radius 2 is 2.13 bits per heavy atom. The third kappa shape index (κ3) is 3.89. The minimum atomic E-state index is -1.03. The standard InChI is InChI=1S/C21H24N6O3/c1-13(2)21(12-22)8-10-27(19(21)29)18-7-9-23-20(26-18)25-15-5-6-17(30-4)16(11-15)24-14(3)28/h5-7,9,11,13H,8,10H2,1-4H3,(H,24,28)(H,23,25,26)/t21-/m1/s1. The molecule has 30 heavy (non-hydrogen) atoms. The monoisotopic (exact) mass is 408 g/mol. The van der Waals surface area contributed by atoms with Crippen molar-refractivity contribution in [2.45, 2.75) is 27.2 Å². The van der Waals surface area contributed by atoms with Gasteiger partial charge in [-0.15, -0.1) is 0 Å². The Hall–Kier alpha value is -3.67. The SMILES string of the molecule is COc1ccc(Nc2nccc(N3CC[C@@](C#N)(C(C)C)C3=O)n2)cc1NC(C)=O. The topological polar surface area (TPSA) is 120 Å². The van der Waals surface area contributed by atoms with Crippen LogP contribution < -0.4 is 20.3 Å². The summed E-state index contributed by atoms with van der Waals surface area (Å²) >= 11 is 0. The Balaban J connectivity index is 1.84. The second-order valence-electron chi connectivity index (χ2n) is 7.40. The Morgan fingerprint density at radius 3 is 2.73 bits per heavy atom. The van der Waals surface area contributed by atoms with Crippen LogP contribution in [0.4, 0.5) is 23.1 Å². The van der Waals surface area contributed by atoms with Gasteiger partial charge in [0.05, 0.1) is 18.9 Å². The Morgan fingerprint density at radius 1 is 1.37 bits per heavy atom. The average Bonchev–Trinajstić information content (AvgIpc) is 3.05. The van der Waals surface area contributed by atoms with E-state index >= 15 is 0 Å². The molecule has 1 aliphatic rings. The highest BCUT2D eigenvalue weighted by Crippen LogP contribution is 2.40. The van der Waals surface area contributed by atoms with Gasteiger partial charge in [0.15, 0.2) is 0 Å². The molecule has 156 valence electrons. The summed E-state index contributed by atoms with van der Waals surface area (Å²) in [6.45, 7) is 5.61. The van der Waals surface area contributed by atoms with E-state index in [1.165, 1.54) is 18.9 Å². The molecule has 0 unspecified atom stereocenters. The van der Waals surface area contributed by atoms with Crippen molar-refractivity contribution in [2.24, 2.45) is 11.3 Å². The number of rotatable bonds is 6. The molecule has 0 spiro atoms. The van der Waals surface area contributed by atoms with Crippen LogP contribution in [0.25, 0.3) is 0 Å². The van der Waals surface area contributed by atoms with E-state index in [9.17, 15) is 14.9 Å². The number of amides is 2. The molecule has 1 aromatic carbocycles. The second kappa shape index (κ2) is 8.37. The number of nitriles is 1. The van der Waals surface area contributed by atoms with Crippen molar-refractivity contribution in [3.05, 3.63) is 30.5 Å². The third-order valence-corrected chi connectivity index (χ3v) is 5.23. The lowest BCUT2D eigenvalue weighted by Crippen LogP contribution is -2.37. The highest BCUT2D eigenvalue weighted by Gasteiger charge is 2.50. The lowest BCUT2D eigenvalue weighted by Gasteiger charge is -2.24. The van der Waals surface area contributed by atoms with Gasteiger partial charge < -0.3 is 15.4 Å². The molecule has 3 rings (SSSR count). The molecule has 9 nitrogen and oxygen atoms in total. The van der Waals surface area contributed by atoms with E-state index < -0.39 is 5.41 Å². The largest absolute Gasteiger partial charge is 0.495 e. The van der Waals surface area contributed by atoms with Crippen molar-refractivity contribution in [1.82, 2.24) is 9.97 Å². The molecular formula is C21H24N6O3. The molecule has 1 atom stereocenters. The van der Waals surface area contributed by atoms with Crippen molar-refractivity contribution >= 4 is 35.0 Å². The van der Waals surface area contributed by atoms with Gasteiger partial charge in [-0.1, -0.05) is 13.8 Å². The number of hydrogen-bond acceptors (Lipinski definition) is 7. The van der Waals surface area contributed by atoms with Crippen LogP contribution in [0.15, 0.2) is 30.5 Å². The van der Waals surface area contributed by atoms with E-state index in [0.717, 1.165) is 0 Å². The summed E-state index contributed by atoms with van der Waals surface area (Å²) in [5, 5.41) is 15.4. The Kier molecular flexibility index (Phi) is 5.87. The first-order valence-corrected chi connectivity index (χ1v) is 9.59. The first-order valence-electron chi connectivity index (χ1n) is 9.59. The average molecular weight is 408 g/mol. The highest BCUT2D eigenvalue weighted by atomic mass is 16.5. The van der Waals surface area contributed by atoms with Gasteiger partial charge in [0, 0.05) is 25.4 Å². The number of aromatic nitrogens is 2. The van der Waals surface area contributed by atoms with E-state index in [-0.39, 0.29) is 17.7 Å². The molecular weight excluding hydrogens is 384 g/mol. The van der Waals surface area contributed by atoms with Crippen LogP contribution in [0.2, 0.25) is 0 Å². The lowest BCUT2D eigenvalue weighted by atomic mass is 9.77. The summed E-state index contributed by atoms with van der Waals surface area (Å²) in [5.41, 5.74) is 0.122. The number of carbonyl (C=O) groups excluding carboxylic acids is 2. The minimum Gasteiger partial charge on any atom is -0.495 e. The minimum absolute atomic E-state index is 0.0917. The van der Waals surface area contributed by atoms with Gasteiger partial charge in [-0.2, -0.15) is 10.2 Å². The van der Waals surface area contributed by atoms with E-state index in [4.69, 9.17) is 4.74 Å². The van der Waals surface area contributed by atoms with Crippen LogP contribution in [-0.4, -0.2) is 35.4 Å². The maximum Gasteiger partial charge on any atom is 0.248 e. The molecule has 1 fully saturated rings.